The summed E-state index contributed by atoms with van der Waals surface area (Å²) in [6, 6.07) is 0. The van der Waals surface area contributed by atoms with E-state index in [0.29, 0.717) is 11.8 Å². The van der Waals surface area contributed by atoms with E-state index in [1.807, 2.05) is 0 Å². The van der Waals surface area contributed by atoms with Crippen molar-refractivity contribution in [2.75, 3.05) is 7.11 Å². The van der Waals surface area contributed by atoms with Crippen LogP contribution < -0.4 is 0 Å². The molecule has 86 valence electrons. The number of hydrogen-bond donors (Lipinski definition) is 1. The number of methoxy groups -OCH3 is 1. The maximum absolute atomic E-state index is 9.89. The van der Waals surface area contributed by atoms with Crippen LogP contribution in [0.1, 0.15) is 47.5 Å². The van der Waals surface area contributed by atoms with E-state index in [0.717, 1.165) is 12.8 Å². The number of aliphatic hydroxyl groups excluding tert-OH is 1. The number of aliphatic hydroxyl groups is 1. The Kier molecular flexibility index (Phi) is 5.68. The van der Waals surface area contributed by atoms with Crippen LogP contribution in [0, 0.1) is 11.8 Å². The van der Waals surface area contributed by atoms with Gasteiger partial charge < -0.3 is 9.84 Å². The van der Waals surface area contributed by atoms with Crippen LogP contribution in [-0.2, 0) is 4.74 Å². The van der Waals surface area contributed by atoms with Crippen molar-refractivity contribution in [3.05, 3.63) is 0 Å². The monoisotopic (exact) mass is 202 g/mol. The lowest BCUT2D eigenvalue weighted by Gasteiger charge is -2.27. The predicted molar refractivity (Wildman–Crippen MR) is 60.3 cm³/mol. The molecule has 0 aromatic rings. The highest BCUT2D eigenvalue weighted by atomic mass is 16.5. The van der Waals surface area contributed by atoms with Crippen LogP contribution >= 0.6 is 0 Å². The van der Waals surface area contributed by atoms with E-state index in [1.54, 1.807) is 7.11 Å². The summed E-state index contributed by atoms with van der Waals surface area (Å²) in [7, 11) is 1.72. The van der Waals surface area contributed by atoms with E-state index in [-0.39, 0.29) is 11.7 Å². The number of ether oxygens (including phenoxy) is 1. The highest BCUT2D eigenvalue weighted by molar-refractivity contribution is 4.74. The van der Waals surface area contributed by atoms with Crippen molar-refractivity contribution in [3.8, 4) is 0 Å². The van der Waals surface area contributed by atoms with E-state index >= 15 is 0 Å². The Labute approximate surface area is 88.7 Å². The molecule has 0 aromatic heterocycles. The molecule has 1 N–H and O–H groups in total. The Morgan fingerprint density at radius 2 is 1.71 bits per heavy atom. The van der Waals surface area contributed by atoms with Crippen molar-refractivity contribution in [1.82, 2.24) is 0 Å². The van der Waals surface area contributed by atoms with Crippen molar-refractivity contribution in [2.24, 2.45) is 11.8 Å². The Balaban J connectivity index is 3.90. The van der Waals surface area contributed by atoms with Gasteiger partial charge in [-0.05, 0) is 38.5 Å². The topological polar surface area (TPSA) is 29.5 Å². The summed E-state index contributed by atoms with van der Waals surface area (Å²) < 4.78 is 5.32. The second-order valence-corrected chi connectivity index (χ2v) is 5.17. The van der Waals surface area contributed by atoms with Gasteiger partial charge in [-0.15, -0.1) is 0 Å². The van der Waals surface area contributed by atoms with Gasteiger partial charge in [0.15, 0.2) is 0 Å². The van der Waals surface area contributed by atoms with Crippen molar-refractivity contribution >= 4 is 0 Å². The molecular formula is C12H26O2. The summed E-state index contributed by atoms with van der Waals surface area (Å²) in [5, 5.41) is 9.89. The molecule has 0 heterocycles. The van der Waals surface area contributed by atoms with Crippen LogP contribution in [0.2, 0.25) is 0 Å². The minimum Gasteiger partial charge on any atom is -0.393 e. The molecular weight excluding hydrogens is 176 g/mol. The van der Waals surface area contributed by atoms with Gasteiger partial charge in [-0.2, -0.15) is 0 Å². The van der Waals surface area contributed by atoms with Crippen LogP contribution in [0.15, 0.2) is 0 Å². The molecule has 2 heteroatoms. The summed E-state index contributed by atoms with van der Waals surface area (Å²) in [5.41, 5.74) is -0.113. The normalized spacial score (nSPS) is 17.1. The van der Waals surface area contributed by atoms with Gasteiger partial charge in [0.1, 0.15) is 0 Å². The Morgan fingerprint density at radius 1 is 1.21 bits per heavy atom. The quantitative estimate of drug-likeness (QED) is 0.717. The number of rotatable bonds is 6. The molecule has 2 nitrogen and oxygen atoms in total. The molecule has 0 radical (unpaired) electrons. The highest BCUT2D eigenvalue weighted by Crippen LogP contribution is 2.22. The van der Waals surface area contributed by atoms with Gasteiger partial charge in [-0.3, -0.25) is 0 Å². The molecule has 0 amide bonds. The van der Waals surface area contributed by atoms with Crippen molar-refractivity contribution in [2.45, 2.75) is 59.2 Å². The first-order valence-electron chi connectivity index (χ1n) is 5.53. The first-order chi connectivity index (χ1) is 6.30. The molecule has 0 rings (SSSR count). The lowest BCUT2D eigenvalue weighted by atomic mass is 9.87. The second-order valence-electron chi connectivity index (χ2n) is 5.17. The predicted octanol–water partition coefficient (Wildman–Crippen LogP) is 2.84. The average Bonchev–Trinajstić information content (AvgIpc) is 2.13. The number of hydrogen-bond acceptors (Lipinski definition) is 2. The molecule has 2 unspecified atom stereocenters. The first kappa shape index (κ1) is 13.9. The van der Waals surface area contributed by atoms with Gasteiger partial charge in [-0.25, -0.2) is 0 Å². The maximum atomic E-state index is 9.89. The minimum atomic E-state index is -0.204. The molecule has 0 spiro atoms. The standard InChI is InChI=1S/C12H26O2/c1-9(2)10(3)11(13)7-8-12(4,5)14-6/h9-11,13H,7-8H2,1-6H3. The van der Waals surface area contributed by atoms with Gasteiger partial charge in [-0.1, -0.05) is 20.8 Å². The van der Waals surface area contributed by atoms with E-state index < -0.39 is 0 Å². The van der Waals surface area contributed by atoms with Crippen molar-refractivity contribution in [3.63, 3.8) is 0 Å². The second kappa shape index (κ2) is 5.72. The third-order valence-electron chi connectivity index (χ3n) is 3.25. The highest BCUT2D eigenvalue weighted by Gasteiger charge is 2.22. The fourth-order valence-corrected chi connectivity index (χ4v) is 1.30. The lowest BCUT2D eigenvalue weighted by Crippen LogP contribution is -2.28. The van der Waals surface area contributed by atoms with Crippen LogP contribution in [-0.4, -0.2) is 23.9 Å². The molecule has 0 aliphatic heterocycles. The summed E-state index contributed by atoms with van der Waals surface area (Å²) in [5.74, 6) is 0.901. The summed E-state index contributed by atoms with van der Waals surface area (Å²) in [6.07, 6.45) is 1.52. The zero-order chi connectivity index (χ0) is 11.4. The Bertz CT molecular complexity index is 152. The maximum Gasteiger partial charge on any atom is 0.0623 e. The van der Waals surface area contributed by atoms with Crippen LogP contribution in [0.3, 0.4) is 0 Å². The Morgan fingerprint density at radius 3 is 2.07 bits per heavy atom. The van der Waals surface area contributed by atoms with E-state index in [2.05, 4.69) is 34.6 Å². The van der Waals surface area contributed by atoms with Crippen LogP contribution in [0.5, 0.6) is 0 Å². The molecule has 0 saturated heterocycles. The Hall–Kier alpha value is -0.0800. The molecule has 0 aromatic carbocycles. The van der Waals surface area contributed by atoms with E-state index in [1.165, 1.54) is 0 Å². The smallest absolute Gasteiger partial charge is 0.0623 e. The van der Waals surface area contributed by atoms with Crippen molar-refractivity contribution in [1.29, 1.82) is 0 Å². The fourth-order valence-electron chi connectivity index (χ4n) is 1.30. The first-order valence-corrected chi connectivity index (χ1v) is 5.53. The summed E-state index contributed by atoms with van der Waals surface area (Å²) in [4.78, 5) is 0. The van der Waals surface area contributed by atoms with Gasteiger partial charge in [0.05, 0.1) is 11.7 Å². The van der Waals surface area contributed by atoms with Crippen LogP contribution in [0.25, 0.3) is 0 Å². The van der Waals surface area contributed by atoms with Gasteiger partial charge >= 0.3 is 0 Å². The third-order valence-corrected chi connectivity index (χ3v) is 3.25. The zero-order valence-electron chi connectivity index (χ0n) is 10.5. The van der Waals surface area contributed by atoms with Gasteiger partial charge in [0.2, 0.25) is 0 Å². The summed E-state index contributed by atoms with van der Waals surface area (Å²) in [6.45, 7) is 10.5. The third kappa shape index (κ3) is 4.97. The molecule has 0 bridgehead atoms. The summed E-state index contributed by atoms with van der Waals surface area (Å²) >= 11 is 0. The molecule has 14 heavy (non-hydrogen) atoms. The largest absolute Gasteiger partial charge is 0.393 e. The SMILES string of the molecule is COC(C)(C)CCC(O)C(C)C(C)C. The van der Waals surface area contributed by atoms with Gasteiger partial charge in [0, 0.05) is 7.11 Å². The van der Waals surface area contributed by atoms with Gasteiger partial charge in [0.25, 0.3) is 0 Å². The average molecular weight is 202 g/mol. The van der Waals surface area contributed by atoms with Crippen LogP contribution in [0.4, 0.5) is 0 Å². The molecule has 2 atom stereocenters. The minimum absolute atomic E-state index is 0.113. The van der Waals surface area contributed by atoms with E-state index in [9.17, 15) is 5.11 Å². The zero-order valence-corrected chi connectivity index (χ0v) is 10.5. The van der Waals surface area contributed by atoms with E-state index in [4.69, 9.17) is 4.74 Å². The molecule has 0 saturated carbocycles. The fraction of sp³-hybridized carbons (Fsp3) is 1.00. The molecule has 0 aliphatic rings. The van der Waals surface area contributed by atoms with Crippen molar-refractivity contribution < 1.29 is 9.84 Å². The lowest BCUT2D eigenvalue weighted by molar-refractivity contribution is -0.00624. The molecule has 0 fully saturated rings. The molecule has 0 aliphatic carbocycles.